The van der Waals surface area contributed by atoms with Crippen LogP contribution in [0.15, 0.2) is 92.9 Å². The van der Waals surface area contributed by atoms with E-state index in [9.17, 15) is 4.79 Å². The SMILES string of the molecule is O=C(N/N=C\c1cc(Br)c(OCc2cccc3ccccc23)c(Br)c1)c1ccccc1Cl. The van der Waals surface area contributed by atoms with Gasteiger partial charge < -0.3 is 4.74 Å². The molecule has 0 fully saturated rings. The molecular weight excluding hydrogens is 556 g/mol. The van der Waals surface area contributed by atoms with Crippen LogP contribution in [0.4, 0.5) is 0 Å². The largest absolute Gasteiger partial charge is 0.487 e. The number of nitrogens with zero attached hydrogens (tertiary/aromatic N) is 1. The second-order valence-corrected chi connectivity index (χ2v) is 9.04. The molecule has 0 atom stereocenters. The van der Waals surface area contributed by atoms with Crippen molar-refractivity contribution in [3.63, 3.8) is 0 Å². The maximum atomic E-state index is 12.2. The molecule has 0 aliphatic heterocycles. The molecule has 4 nitrogen and oxygen atoms in total. The number of benzene rings is 4. The highest BCUT2D eigenvalue weighted by atomic mass is 79.9. The molecule has 1 N–H and O–H groups in total. The molecule has 4 rings (SSSR count). The molecule has 0 aliphatic rings. The van der Waals surface area contributed by atoms with Gasteiger partial charge in [-0.1, -0.05) is 66.2 Å². The number of halogens is 3. The number of rotatable bonds is 6. The number of hydrogen-bond acceptors (Lipinski definition) is 3. The van der Waals surface area contributed by atoms with Crippen LogP contribution in [0.5, 0.6) is 5.75 Å². The average Bonchev–Trinajstić information content (AvgIpc) is 2.79. The van der Waals surface area contributed by atoms with E-state index in [4.69, 9.17) is 16.3 Å². The highest BCUT2D eigenvalue weighted by Crippen LogP contribution is 2.35. The summed E-state index contributed by atoms with van der Waals surface area (Å²) in [6.07, 6.45) is 1.55. The van der Waals surface area contributed by atoms with Crippen molar-refractivity contribution in [1.29, 1.82) is 0 Å². The number of carbonyl (C=O) groups is 1. The maximum Gasteiger partial charge on any atom is 0.272 e. The fourth-order valence-electron chi connectivity index (χ4n) is 3.23. The van der Waals surface area contributed by atoms with Crippen LogP contribution in [0.1, 0.15) is 21.5 Å². The molecule has 0 saturated heterocycles. The standard InChI is InChI=1S/C25H17Br2ClN2O2/c26-21-12-16(14-29-30-25(31)20-10-3-4-11-23(20)28)13-22(27)24(21)32-15-18-8-5-7-17-6-1-2-9-19(17)18/h1-14H,15H2,(H,30,31)/b29-14-. The molecular formula is C25H17Br2ClN2O2. The lowest BCUT2D eigenvalue weighted by atomic mass is 10.1. The zero-order valence-corrected chi connectivity index (χ0v) is 20.6. The molecule has 0 radical (unpaired) electrons. The molecule has 4 aromatic rings. The molecule has 1 amide bonds. The van der Waals surface area contributed by atoms with Crippen LogP contribution in [-0.2, 0) is 6.61 Å². The second-order valence-electron chi connectivity index (χ2n) is 6.92. The summed E-state index contributed by atoms with van der Waals surface area (Å²) in [5.41, 5.74) is 4.74. The van der Waals surface area contributed by atoms with Gasteiger partial charge in [-0.05, 0) is 78.0 Å². The maximum absolute atomic E-state index is 12.2. The first-order chi connectivity index (χ1) is 15.5. The van der Waals surface area contributed by atoms with Crippen molar-refractivity contribution in [2.45, 2.75) is 6.61 Å². The van der Waals surface area contributed by atoms with Crippen molar-refractivity contribution in [3.8, 4) is 5.75 Å². The van der Waals surface area contributed by atoms with E-state index in [0.717, 1.165) is 20.1 Å². The fraction of sp³-hybridized carbons (Fsp3) is 0.0400. The first-order valence-corrected chi connectivity index (χ1v) is 11.7. The molecule has 0 unspecified atom stereocenters. The van der Waals surface area contributed by atoms with Crippen LogP contribution in [-0.4, -0.2) is 12.1 Å². The number of hydrogen-bond donors (Lipinski definition) is 1. The summed E-state index contributed by atoms with van der Waals surface area (Å²) in [7, 11) is 0. The minimum atomic E-state index is -0.375. The number of carbonyl (C=O) groups excluding carboxylic acids is 1. The highest BCUT2D eigenvalue weighted by molar-refractivity contribution is 9.11. The average molecular weight is 573 g/mol. The number of fused-ring (bicyclic) bond motifs is 1. The zero-order chi connectivity index (χ0) is 22.5. The second kappa shape index (κ2) is 10.3. The molecule has 0 aliphatic carbocycles. The quantitative estimate of drug-likeness (QED) is 0.194. The Morgan fingerprint density at radius 1 is 0.969 bits per heavy atom. The van der Waals surface area contributed by atoms with E-state index in [1.165, 1.54) is 10.8 Å². The predicted octanol–water partition coefficient (Wildman–Crippen LogP) is 7.36. The molecule has 0 aromatic heterocycles. The minimum absolute atomic E-state index is 0.367. The van der Waals surface area contributed by atoms with Crippen molar-refractivity contribution in [3.05, 3.63) is 110 Å². The predicted molar refractivity (Wildman–Crippen MR) is 137 cm³/mol. The number of amides is 1. The number of hydrazone groups is 1. The van der Waals surface area contributed by atoms with E-state index in [1.807, 2.05) is 30.3 Å². The third kappa shape index (κ3) is 5.21. The monoisotopic (exact) mass is 570 g/mol. The third-order valence-corrected chi connectivity index (χ3v) is 6.28. The van der Waals surface area contributed by atoms with Gasteiger partial charge in [0.2, 0.25) is 0 Å². The van der Waals surface area contributed by atoms with Gasteiger partial charge in [-0.15, -0.1) is 0 Å². The first-order valence-electron chi connectivity index (χ1n) is 9.69. The summed E-state index contributed by atoms with van der Waals surface area (Å²) < 4.78 is 7.65. The number of ether oxygens (including phenoxy) is 1. The van der Waals surface area contributed by atoms with Crippen LogP contribution in [0, 0.1) is 0 Å². The minimum Gasteiger partial charge on any atom is -0.487 e. The van der Waals surface area contributed by atoms with E-state index in [2.05, 4.69) is 66.7 Å². The summed E-state index contributed by atoms with van der Waals surface area (Å²) in [6, 6.07) is 25.0. The Balaban J connectivity index is 1.45. The van der Waals surface area contributed by atoms with E-state index in [1.54, 1.807) is 30.5 Å². The normalized spacial score (nSPS) is 11.1. The van der Waals surface area contributed by atoms with Gasteiger partial charge >= 0.3 is 0 Å². The van der Waals surface area contributed by atoms with E-state index >= 15 is 0 Å². The number of nitrogens with one attached hydrogen (secondary N) is 1. The summed E-state index contributed by atoms with van der Waals surface area (Å²) >= 11 is 13.2. The van der Waals surface area contributed by atoms with Gasteiger partial charge in [-0.3, -0.25) is 4.79 Å². The van der Waals surface area contributed by atoms with Gasteiger partial charge in [0.25, 0.3) is 5.91 Å². The van der Waals surface area contributed by atoms with E-state index in [0.29, 0.717) is 22.9 Å². The van der Waals surface area contributed by atoms with Crippen LogP contribution in [0.2, 0.25) is 5.02 Å². The summed E-state index contributed by atoms with van der Waals surface area (Å²) in [4.78, 5) is 12.2. The van der Waals surface area contributed by atoms with E-state index < -0.39 is 0 Å². The van der Waals surface area contributed by atoms with Gasteiger partial charge in [-0.25, -0.2) is 5.43 Å². The molecule has 0 heterocycles. The Bertz CT molecular complexity index is 1300. The van der Waals surface area contributed by atoms with Crippen molar-refractivity contribution in [1.82, 2.24) is 5.43 Å². The van der Waals surface area contributed by atoms with Crippen LogP contribution in [0.3, 0.4) is 0 Å². The lowest BCUT2D eigenvalue weighted by Crippen LogP contribution is -2.17. The summed E-state index contributed by atoms with van der Waals surface area (Å²) in [5, 5.41) is 6.75. The Morgan fingerprint density at radius 3 is 2.44 bits per heavy atom. The van der Waals surface area contributed by atoms with Crippen molar-refractivity contribution >= 4 is 66.4 Å². The smallest absolute Gasteiger partial charge is 0.272 e. The summed E-state index contributed by atoms with van der Waals surface area (Å²) in [5.74, 6) is 0.315. The molecule has 4 aromatic carbocycles. The van der Waals surface area contributed by atoms with Gasteiger partial charge in [0.05, 0.1) is 25.7 Å². The van der Waals surface area contributed by atoms with Crippen LogP contribution < -0.4 is 10.2 Å². The molecule has 160 valence electrons. The van der Waals surface area contributed by atoms with Crippen molar-refractivity contribution < 1.29 is 9.53 Å². The van der Waals surface area contributed by atoms with Crippen molar-refractivity contribution in [2.75, 3.05) is 0 Å². The summed E-state index contributed by atoms with van der Waals surface area (Å²) in [6.45, 7) is 0.430. The lowest BCUT2D eigenvalue weighted by Gasteiger charge is -2.13. The van der Waals surface area contributed by atoms with Crippen molar-refractivity contribution in [2.24, 2.45) is 5.10 Å². The third-order valence-electron chi connectivity index (χ3n) is 4.77. The van der Waals surface area contributed by atoms with E-state index in [-0.39, 0.29) is 5.91 Å². The molecule has 0 bridgehead atoms. The van der Waals surface area contributed by atoms with Gasteiger partial charge in [-0.2, -0.15) is 5.10 Å². The topological polar surface area (TPSA) is 50.7 Å². The molecule has 32 heavy (non-hydrogen) atoms. The lowest BCUT2D eigenvalue weighted by molar-refractivity contribution is 0.0955. The van der Waals surface area contributed by atoms with Gasteiger partial charge in [0, 0.05) is 0 Å². The molecule has 0 saturated carbocycles. The first kappa shape index (κ1) is 22.5. The Labute approximate surface area is 207 Å². The molecule has 7 heteroatoms. The highest BCUT2D eigenvalue weighted by Gasteiger charge is 2.11. The van der Waals surface area contributed by atoms with Crippen LogP contribution >= 0.6 is 43.5 Å². The fourth-order valence-corrected chi connectivity index (χ4v) is 4.90. The van der Waals surface area contributed by atoms with Gasteiger partial charge in [0.1, 0.15) is 12.4 Å². The molecule has 0 spiro atoms. The Kier molecular flexibility index (Phi) is 7.25. The Morgan fingerprint density at radius 2 is 1.66 bits per heavy atom. The van der Waals surface area contributed by atoms with Gasteiger partial charge in [0.15, 0.2) is 0 Å². The Hall–Kier alpha value is -2.67. The van der Waals surface area contributed by atoms with Crippen LogP contribution in [0.25, 0.3) is 10.8 Å². The zero-order valence-electron chi connectivity index (χ0n) is 16.7.